The van der Waals surface area contributed by atoms with Crippen LogP contribution in [0, 0.1) is 0 Å². The number of nitrogens with one attached hydrogen (secondary N) is 2. The van der Waals surface area contributed by atoms with Crippen molar-refractivity contribution in [3.8, 4) is 0 Å². The van der Waals surface area contributed by atoms with Gasteiger partial charge in [-0.15, -0.1) is 6.58 Å². The van der Waals surface area contributed by atoms with Gasteiger partial charge in [0.25, 0.3) is 11.8 Å². The maximum Gasteiger partial charge on any atom is 0.255 e. The molecule has 2 amide bonds. The molecule has 3 rings (SSSR count). The molecule has 28 heavy (non-hydrogen) atoms. The molecule has 2 aromatic rings. The topological polar surface area (TPSA) is 70.7 Å². The highest BCUT2D eigenvalue weighted by Gasteiger charge is 2.14. The fourth-order valence-electron chi connectivity index (χ4n) is 3.02. The van der Waals surface area contributed by atoms with Crippen LogP contribution in [0.3, 0.4) is 0 Å². The molecule has 1 aliphatic heterocycles. The van der Waals surface area contributed by atoms with E-state index in [1.807, 2.05) is 24.3 Å². The van der Waals surface area contributed by atoms with Gasteiger partial charge in [-0.1, -0.05) is 30.3 Å². The molecule has 2 N–H and O–H groups in total. The van der Waals surface area contributed by atoms with E-state index in [2.05, 4.69) is 22.1 Å². The van der Waals surface area contributed by atoms with Crippen molar-refractivity contribution in [2.75, 3.05) is 38.2 Å². The van der Waals surface area contributed by atoms with Crippen LogP contribution >= 0.6 is 0 Å². The van der Waals surface area contributed by atoms with Gasteiger partial charge in [-0.25, -0.2) is 0 Å². The first-order chi connectivity index (χ1) is 13.7. The van der Waals surface area contributed by atoms with Crippen molar-refractivity contribution < 1.29 is 14.3 Å². The number of anilines is 1. The quantitative estimate of drug-likeness (QED) is 0.726. The number of amides is 2. The Morgan fingerprint density at radius 2 is 1.75 bits per heavy atom. The predicted molar refractivity (Wildman–Crippen MR) is 109 cm³/mol. The number of nitrogens with zero attached hydrogens (tertiary/aromatic N) is 1. The molecule has 1 saturated heterocycles. The lowest BCUT2D eigenvalue weighted by molar-refractivity contribution is 0.0342. The Morgan fingerprint density at radius 1 is 1.04 bits per heavy atom. The van der Waals surface area contributed by atoms with Gasteiger partial charge in [-0.05, 0) is 29.8 Å². The van der Waals surface area contributed by atoms with E-state index in [9.17, 15) is 9.59 Å². The van der Waals surface area contributed by atoms with Crippen molar-refractivity contribution in [1.82, 2.24) is 10.2 Å². The molecular formula is C22H25N3O3. The third-order valence-electron chi connectivity index (χ3n) is 4.55. The van der Waals surface area contributed by atoms with Gasteiger partial charge in [0.05, 0.1) is 24.5 Å². The smallest absolute Gasteiger partial charge is 0.255 e. The van der Waals surface area contributed by atoms with Crippen LogP contribution < -0.4 is 10.6 Å². The summed E-state index contributed by atoms with van der Waals surface area (Å²) in [6.07, 6.45) is 1.61. The molecule has 0 aliphatic carbocycles. The summed E-state index contributed by atoms with van der Waals surface area (Å²) in [7, 11) is 0. The van der Waals surface area contributed by atoms with Crippen molar-refractivity contribution in [1.29, 1.82) is 0 Å². The van der Waals surface area contributed by atoms with Gasteiger partial charge >= 0.3 is 0 Å². The Hall–Kier alpha value is -2.96. The minimum Gasteiger partial charge on any atom is -0.379 e. The molecule has 1 aliphatic rings. The van der Waals surface area contributed by atoms with E-state index in [0.717, 1.165) is 38.4 Å². The maximum atomic E-state index is 12.6. The summed E-state index contributed by atoms with van der Waals surface area (Å²) in [6.45, 7) is 8.17. The summed E-state index contributed by atoms with van der Waals surface area (Å²) in [5.74, 6) is -0.501. The van der Waals surface area contributed by atoms with Crippen molar-refractivity contribution in [3.05, 3.63) is 77.9 Å². The minimum absolute atomic E-state index is 0.248. The number of hydrogen-bond acceptors (Lipinski definition) is 4. The minimum atomic E-state index is -0.253. The van der Waals surface area contributed by atoms with Crippen molar-refractivity contribution in [2.45, 2.75) is 6.54 Å². The standard InChI is InChI=1S/C22H25N3O3/c1-2-11-23-22(27)19-5-3-4-6-20(19)24-21(26)18-9-7-17(8-10-18)16-25-12-14-28-15-13-25/h2-10H,1,11-16H2,(H,23,27)(H,24,26). The zero-order valence-electron chi connectivity index (χ0n) is 15.8. The molecular weight excluding hydrogens is 354 g/mol. The highest BCUT2D eigenvalue weighted by molar-refractivity contribution is 6.09. The second-order valence-electron chi connectivity index (χ2n) is 6.58. The van der Waals surface area contributed by atoms with Gasteiger partial charge < -0.3 is 15.4 Å². The van der Waals surface area contributed by atoms with Gasteiger partial charge in [0, 0.05) is 31.7 Å². The molecule has 6 nitrogen and oxygen atoms in total. The molecule has 146 valence electrons. The normalized spacial score (nSPS) is 14.3. The largest absolute Gasteiger partial charge is 0.379 e. The van der Waals surface area contributed by atoms with Crippen molar-refractivity contribution in [2.24, 2.45) is 0 Å². The molecule has 6 heteroatoms. The summed E-state index contributed by atoms with van der Waals surface area (Å²) in [4.78, 5) is 27.2. The third-order valence-corrected chi connectivity index (χ3v) is 4.55. The molecule has 2 aromatic carbocycles. The number of morpholine rings is 1. The molecule has 1 heterocycles. The summed E-state index contributed by atoms with van der Waals surface area (Å²) < 4.78 is 5.36. The second kappa shape index (κ2) is 9.82. The summed E-state index contributed by atoms with van der Waals surface area (Å²) in [5.41, 5.74) is 2.60. The average Bonchev–Trinajstić information content (AvgIpc) is 2.73. The number of rotatable bonds is 7. The van der Waals surface area contributed by atoms with E-state index in [1.165, 1.54) is 0 Å². The van der Waals surface area contributed by atoms with E-state index in [1.54, 1.807) is 30.3 Å². The molecule has 0 radical (unpaired) electrons. The van der Waals surface area contributed by atoms with Crippen LogP contribution in [0.25, 0.3) is 0 Å². The number of carbonyl (C=O) groups is 2. The van der Waals surface area contributed by atoms with Crippen LogP contribution in [-0.2, 0) is 11.3 Å². The van der Waals surface area contributed by atoms with E-state index in [0.29, 0.717) is 23.4 Å². The van der Waals surface area contributed by atoms with Crippen molar-refractivity contribution >= 4 is 17.5 Å². The molecule has 0 atom stereocenters. The lowest BCUT2D eigenvalue weighted by Crippen LogP contribution is -2.35. The Kier molecular flexibility index (Phi) is 6.94. The van der Waals surface area contributed by atoms with Crippen LogP contribution in [0.2, 0.25) is 0 Å². The van der Waals surface area contributed by atoms with Crippen LogP contribution in [0.4, 0.5) is 5.69 Å². The lowest BCUT2D eigenvalue weighted by Gasteiger charge is -2.26. The van der Waals surface area contributed by atoms with E-state index >= 15 is 0 Å². The lowest BCUT2D eigenvalue weighted by atomic mass is 10.1. The Labute approximate surface area is 165 Å². The first-order valence-corrected chi connectivity index (χ1v) is 9.36. The Balaban J connectivity index is 1.64. The van der Waals surface area contributed by atoms with Crippen LogP contribution in [0.5, 0.6) is 0 Å². The number of para-hydroxylation sites is 1. The zero-order valence-corrected chi connectivity index (χ0v) is 15.8. The second-order valence-corrected chi connectivity index (χ2v) is 6.58. The Morgan fingerprint density at radius 3 is 2.46 bits per heavy atom. The van der Waals surface area contributed by atoms with E-state index < -0.39 is 0 Å². The summed E-state index contributed by atoms with van der Waals surface area (Å²) >= 11 is 0. The number of carbonyl (C=O) groups excluding carboxylic acids is 2. The molecule has 0 unspecified atom stereocenters. The Bertz CT molecular complexity index is 827. The van der Waals surface area contributed by atoms with E-state index in [4.69, 9.17) is 4.74 Å². The maximum absolute atomic E-state index is 12.6. The SMILES string of the molecule is C=CCNC(=O)c1ccccc1NC(=O)c1ccc(CN2CCOCC2)cc1. The van der Waals surface area contributed by atoms with Gasteiger partial charge in [-0.2, -0.15) is 0 Å². The fraction of sp³-hybridized carbons (Fsp3) is 0.273. The van der Waals surface area contributed by atoms with Gasteiger partial charge in [-0.3, -0.25) is 14.5 Å². The summed E-state index contributed by atoms with van der Waals surface area (Å²) in [6, 6.07) is 14.5. The van der Waals surface area contributed by atoms with Gasteiger partial charge in [0.1, 0.15) is 0 Å². The van der Waals surface area contributed by atoms with Crippen molar-refractivity contribution in [3.63, 3.8) is 0 Å². The highest BCUT2D eigenvalue weighted by Crippen LogP contribution is 2.17. The van der Waals surface area contributed by atoms with Crippen LogP contribution in [-0.4, -0.2) is 49.6 Å². The predicted octanol–water partition coefficient (Wildman–Crippen LogP) is 2.69. The van der Waals surface area contributed by atoms with Crippen LogP contribution in [0.15, 0.2) is 61.2 Å². The number of hydrogen-bond donors (Lipinski definition) is 2. The average molecular weight is 379 g/mol. The first kappa shape index (κ1) is 19.8. The zero-order chi connectivity index (χ0) is 19.8. The molecule has 0 saturated carbocycles. The molecule has 0 aromatic heterocycles. The molecule has 0 spiro atoms. The fourth-order valence-corrected chi connectivity index (χ4v) is 3.02. The first-order valence-electron chi connectivity index (χ1n) is 9.36. The molecule has 0 bridgehead atoms. The monoisotopic (exact) mass is 379 g/mol. The van der Waals surface area contributed by atoms with Crippen LogP contribution in [0.1, 0.15) is 26.3 Å². The highest BCUT2D eigenvalue weighted by atomic mass is 16.5. The summed E-state index contributed by atoms with van der Waals surface area (Å²) in [5, 5.41) is 5.56. The third kappa shape index (κ3) is 5.28. The molecule has 1 fully saturated rings. The number of ether oxygens (including phenoxy) is 1. The van der Waals surface area contributed by atoms with E-state index in [-0.39, 0.29) is 11.8 Å². The van der Waals surface area contributed by atoms with Gasteiger partial charge in [0.15, 0.2) is 0 Å². The number of benzene rings is 2. The van der Waals surface area contributed by atoms with Gasteiger partial charge in [0.2, 0.25) is 0 Å².